The van der Waals surface area contributed by atoms with Crippen molar-refractivity contribution in [3.05, 3.63) is 42.1 Å². The van der Waals surface area contributed by atoms with Gasteiger partial charge in [0.15, 0.2) is 0 Å². The Bertz CT molecular complexity index is 406. The summed E-state index contributed by atoms with van der Waals surface area (Å²) in [5, 5.41) is 7.31. The lowest BCUT2D eigenvalue weighted by molar-refractivity contribution is 0.804. The van der Waals surface area contributed by atoms with Crippen LogP contribution in [0.4, 0.5) is 0 Å². The third-order valence-electron chi connectivity index (χ3n) is 2.35. The zero-order valence-corrected chi connectivity index (χ0v) is 8.61. The Labute approximate surface area is 89.3 Å². The van der Waals surface area contributed by atoms with Crippen LogP contribution in [0.15, 0.2) is 36.4 Å². The quantitative estimate of drug-likeness (QED) is 0.794. The fraction of sp³-hybridized carbons (Fsp3) is 0.250. The largest absolute Gasteiger partial charge is 0.330 e. The highest BCUT2D eigenvalue weighted by atomic mass is 15.1. The number of rotatable bonds is 4. The molecule has 0 unspecified atom stereocenters. The number of aryl methyl sites for hydroxylation is 1. The molecule has 0 saturated carbocycles. The number of nitrogens with one attached hydrogen (secondary N) is 1. The van der Waals surface area contributed by atoms with E-state index in [0.717, 1.165) is 36.3 Å². The van der Waals surface area contributed by atoms with Crippen molar-refractivity contribution in [2.75, 3.05) is 6.54 Å². The van der Waals surface area contributed by atoms with Gasteiger partial charge in [-0.2, -0.15) is 5.10 Å². The number of nitrogens with zero attached hydrogens (tertiary/aromatic N) is 1. The maximum atomic E-state index is 5.46. The van der Waals surface area contributed by atoms with E-state index in [2.05, 4.69) is 28.4 Å². The van der Waals surface area contributed by atoms with Gasteiger partial charge in [0.25, 0.3) is 0 Å². The summed E-state index contributed by atoms with van der Waals surface area (Å²) in [7, 11) is 0. The molecule has 0 aliphatic carbocycles. The predicted molar refractivity (Wildman–Crippen MR) is 61.4 cm³/mol. The summed E-state index contributed by atoms with van der Waals surface area (Å²) < 4.78 is 0. The van der Waals surface area contributed by atoms with E-state index in [1.807, 2.05) is 18.2 Å². The van der Waals surface area contributed by atoms with Crippen molar-refractivity contribution in [3.63, 3.8) is 0 Å². The highest BCUT2D eigenvalue weighted by Gasteiger charge is 2.02. The fourth-order valence-corrected chi connectivity index (χ4v) is 1.54. The molecule has 0 atom stereocenters. The molecule has 0 saturated heterocycles. The van der Waals surface area contributed by atoms with Crippen molar-refractivity contribution in [1.29, 1.82) is 0 Å². The normalized spacial score (nSPS) is 10.5. The monoisotopic (exact) mass is 201 g/mol. The Morgan fingerprint density at radius 1 is 1.20 bits per heavy atom. The predicted octanol–water partition coefficient (Wildman–Crippen LogP) is 1.97. The third-order valence-corrected chi connectivity index (χ3v) is 2.35. The molecule has 0 fully saturated rings. The first-order valence-electron chi connectivity index (χ1n) is 5.20. The summed E-state index contributed by atoms with van der Waals surface area (Å²) >= 11 is 0. The second-order valence-electron chi connectivity index (χ2n) is 3.54. The SMILES string of the molecule is NCCCc1cc(-c2ccccc2)n[nH]1. The Kier molecular flexibility index (Phi) is 3.15. The number of hydrogen-bond donors (Lipinski definition) is 2. The maximum absolute atomic E-state index is 5.46. The van der Waals surface area contributed by atoms with Gasteiger partial charge < -0.3 is 5.73 Å². The molecular weight excluding hydrogens is 186 g/mol. The van der Waals surface area contributed by atoms with Gasteiger partial charge in [-0.1, -0.05) is 30.3 Å². The lowest BCUT2D eigenvalue weighted by Crippen LogP contribution is -2.00. The number of H-pyrrole nitrogens is 1. The van der Waals surface area contributed by atoms with Crippen LogP contribution in [0, 0.1) is 0 Å². The van der Waals surface area contributed by atoms with E-state index in [4.69, 9.17) is 5.73 Å². The summed E-state index contributed by atoms with van der Waals surface area (Å²) in [6.45, 7) is 0.722. The highest BCUT2D eigenvalue weighted by molar-refractivity contribution is 5.58. The zero-order chi connectivity index (χ0) is 10.5. The standard InChI is InChI=1S/C12H15N3/c13-8-4-7-11-9-12(15-14-11)10-5-2-1-3-6-10/h1-3,5-6,9H,4,7-8,13H2,(H,14,15). The van der Waals surface area contributed by atoms with Crippen molar-refractivity contribution < 1.29 is 0 Å². The molecule has 3 nitrogen and oxygen atoms in total. The topological polar surface area (TPSA) is 54.7 Å². The number of nitrogens with two attached hydrogens (primary N) is 1. The first-order valence-corrected chi connectivity index (χ1v) is 5.20. The molecule has 2 rings (SSSR count). The van der Waals surface area contributed by atoms with E-state index in [9.17, 15) is 0 Å². The fourth-order valence-electron chi connectivity index (χ4n) is 1.54. The second-order valence-corrected chi connectivity index (χ2v) is 3.54. The van der Waals surface area contributed by atoms with Gasteiger partial charge in [0.2, 0.25) is 0 Å². The van der Waals surface area contributed by atoms with Gasteiger partial charge in [-0.3, -0.25) is 5.10 Å². The summed E-state index contributed by atoms with van der Waals surface area (Å²) in [5.74, 6) is 0. The van der Waals surface area contributed by atoms with E-state index in [1.54, 1.807) is 0 Å². The van der Waals surface area contributed by atoms with Crippen LogP contribution in [0.5, 0.6) is 0 Å². The first kappa shape index (κ1) is 9.93. The maximum Gasteiger partial charge on any atom is 0.0923 e. The molecule has 0 bridgehead atoms. The Morgan fingerprint density at radius 3 is 2.73 bits per heavy atom. The van der Waals surface area contributed by atoms with Crippen molar-refractivity contribution in [3.8, 4) is 11.3 Å². The summed E-state index contributed by atoms with van der Waals surface area (Å²) in [4.78, 5) is 0. The molecule has 0 spiro atoms. The van der Waals surface area contributed by atoms with Gasteiger partial charge in [-0.25, -0.2) is 0 Å². The van der Waals surface area contributed by atoms with Gasteiger partial charge in [-0.15, -0.1) is 0 Å². The lowest BCUT2D eigenvalue weighted by atomic mass is 10.1. The molecule has 2 aromatic rings. The third kappa shape index (κ3) is 2.44. The molecular formula is C12H15N3. The molecule has 0 aliphatic heterocycles. The van der Waals surface area contributed by atoms with Crippen LogP contribution in [-0.2, 0) is 6.42 Å². The molecule has 3 N–H and O–H groups in total. The van der Waals surface area contributed by atoms with Crippen molar-refractivity contribution in [1.82, 2.24) is 10.2 Å². The molecule has 15 heavy (non-hydrogen) atoms. The zero-order valence-electron chi connectivity index (χ0n) is 8.61. The van der Waals surface area contributed by atoms with E-state index in [-0.39, 0.29) is 0 Å². The van der Waals surface area contributed by atoms with Gasteiger partial charge in [-0.05, 0) is 25.5 Å². The van der Waals surface area contributed by atoms with Crippen LogP contribution < -0.4 is 5.73 Å². The van der Waals surface area contributed by atoms with Crippen LogP contribution in [0.2, 0.25) is 0 Å². The molecule has 1 aromatic carbocycles. The van der Waals surface area contributed by atoms with Crippen molar-refractivity contribution >= 4 is 0 Å². The van der Waals surface area contributed by atoms with Crippen LogP contribution in [0.1, 0.15) is 12.1 Å². The first-order chi connectivity index (χ1) is 7.40. The number of benzene rings is 1. The van der Waals surface area contributed by atoms with Gasteiger partial charge in [0.05, 0.1) is 5.69 Å². The molecule has 78 valence electrons. The lowest BCUT2D eigenvalue weighted by Gasteiger charge is -1.93. The minimum atomic E-state index is 0.722. The summed E-state index contributed by atoms with van der Waals surface area (Å²) in [6, 6.07) is 12.2. The molecule has 1 aromatic heterocycles. The second kappa shape index (κ2) is 4.75. The molecule has 1 heterocycles. The molecule has 0 amide bonds. The molecule has 0 radical (unpaired) electrons. The Balaban J connectivity index is 2.14. The van der Waals surface area contributed by atoms with Crippen LogP contribution >= 0.6 is 0 Å². The average molecular weight is 201 g/mol. The summed E-state index contributed by atoms with van der Waals surface area (Å²) in [5.41, 5.74) is 8.76. The van der Waals surface area contributed by atoms with Gasteiger partial charge in [0.1, 0.15) is 0 Å². The van der Waals surface area contributed by atoms with E-state index < -0.39 is 0 Å². The highest BCUT2D eigenvalue weighted by Crippen LogP contribution is 2.17. The van der Waals surface area contributed by atoms with E-state index in [0.29, 0.717) is 0 Å². The average Bonchev–Trinajstić information content (AvgIpc) is 2.76. The molecule has 3 heteroatoms. The van der Waals surface area contributed by atoms with Crippen LogP contribution in [-0.4, -0.2) is 16.7 Å². The number of aromatic amines is 1. The van der Waals surface area contributed by atoms with Crippen molar-refractivity contribution in [2.24, 2.45) is 5.73 Å². The summed E-state index contributed by atoms with van der Waals surface area (Å²) in [6.07, 6.45) is 1.97. The van der Waals surface area contributed by atoms with Crippen LogP contribution in [0.3, 0.4) is 0 Å². The van der Waals surface area contributed by atoms with Crippen molar-refractivity contribution in [2.45, 2.75) is 12.8 Å². The minimum absolute atomic E-state index is 0.722. The van der Waals surface area contributed by atoms with Gasteiger partial charge >= 0.3 is 0 Å². The Morgan fingerprint density at radius 2 is 2.00 bits per heavy atom. The smallest absolute Gasteiger partial charge is 0.0923 e. The Hall–Kier alpha value is -1.61. The van der Waals surface area contributed by atoms with Crippen LogP contribution in [0.25, 0.3) is 11.3 Å². The van der Waals surface area contributed by atoms with E-state index >= 15 is 0 Å². The van der Waals surface area contributed by atoms with E-state index in [1.165, 1.54) is 0 Å². The molecule has 0 aliphatic rings. The minimum Gasteiger partial charge on any atom is -0.330 e. The van der Waals surface area contributed by atoms with Gasteiger partial charge in [0, 0.05) is 11.3 Å². The number of hydrogen-bond acceptors (Lipinski definition) is 2. The number of aromatic nitrogens is 2.